The van der Waals surface area contributed by atoms with E-state index >= 15 is 0 Å². The number of carboxylic acid groups (broad SMARTS) is 1. The third-order valence-electron chi connectivity index (χ3n) is 2.09. The van der Waals surface area contributed by atoms with Crippen LogP contribution >= 0.6 is 0 Å². The summed E-state index contributed by atoms with van der Waals surface area (Å²) in [6.45, 7) is -0.265. The van der Waals surface area contributed by atoms with E-state index in [0.29, 0.717) is 5.69 Å². The normalized spacial score (nSPS) is 14.9. The van der Waals surface area contributed by atoms with Gasteiger partial charge in [0, 0.05) is 5.69 Å². The Morgan fingerprint density at radius 3 is 2.62 bits per heavy atom. The number of benzene rings is 1. The Morgan fingerprint density at radius 2 is 2.00 bits per heavy atom. The van der Waals surface area contributed by atoms with Crippen molar-refractivity contribution in [3.8, 4) is 0 Å². The molecule has 0 atom stereocenters. The molecule has 1 aliphatic heterocycles. The van der Waals surface area contributed by atoms with Crippen molar-refractivity contribution in [2.75, 3.05) is 11.9 Å². The SMILES string of the molecule is O=C([O-])C1=C(Nc2ccccc2)OCC1=O. The maximum atomic E-state index is 11.2. The lowest BCUT2D eigenvalue weighted by atomic mass is 10.2. The third-order valence-corrected chi connectivity index (χ3v) is 2.09. The minimum absolute atomic E-state index is 0.0591. The summed E-state index contributed by atoms with van der Waals surface area (Å²) < 4.78 is 4.94. The molecule has 0 unspecified atom stereocenters. The largest absolute Gasteiger partial charge is 0.544 e. The summed E-state index contributed by atoms with van der Waals surface area (Å²) in [5.74, 6) is -2.17. The fourth-order valence-electron chi connectivity index (χ4n) is 1.37. The second-order valence-corrected chi connectivity index (χ2v) is 3.19. The van der Waals surface area contributed by atoms with Gasteiger partial charge in [-0.25, -0.2) is 0 Å². The van der Waals surface area contributed by atoms with E-state index in [9.17, 15) is 14.7 Å². The summed E-state index contributed by atoms with van der Waals surface area (Å²) in [5, 5.41) is 13.4. The minimum Gasteiger partial charge on any atom is -0.544 e. The van der Waals surface area contributed by atoms with E-state index in [-0.39, 0.29) is 12.5 Å². The summed E-state index contributed by atoms with van der Waals surface area (Å²) >= 11 is 0. The molecule has 0 spiro atoms. The number of Topliss-reactive ketones (excluding diaryl/α,β-unsaturated/α-hetero) is 1. The minimum atomic E-state index is -1.53. The molecule has 0 aromatic heterocycles. The quantitative estimate of drug-likeness (QED) is 0.702. The van der Waals surface area contributed by atoms with Crippen LogP contribution in [-0.4, -0.2) is 18.4 Å². The van der Waals surface area contributed by atoms with Crippen LogP contribution in [0.1, 0.15) is 0 Å². The lowest BCUT2D eigenvalue weighted by Crippen LogP contribution is -2.29. The molecule has 5 nitrogen and oxygen atoms in total. The van der Waals surface area contributed by atoms with Crippen LogP contribution in [0.4, 0.5) is 5.69 Å². The number of aliphatic carboxylic acids is 1. The summed E-state index contributed by atoms with van der Waals surface area (Å²) in [6.07, 6.45) is 0. The Kier molecular flexibility index (Phi) is 2.59. The first-order valence-corrected chi connectivity index (χ1v) is 4.62. The molecule has 0 radical (unpaired) electrons. The average Bonchev–Trinajstić information content (AvgIpc) is 2.61. The highest BCUT2D eigenvalue weighted by Gasteiger charge is 2.25. The molecule has 2 rings (SSSR count). The Labute approximate surface area is 91.3 Å². The molecule has 0 aliphatic carbocycles. The molecule has 5 heteroatoms. The maximum absolute atomic E-state index is 11.2. The fraction of sp³-hybridized carbons (Fsp3) is 0.0909. The topological polar surface area (TPSA) is 78.5 Å². The van der Waals surface area contributed by atoms with E-state index in [1.54, 1.807) is 24.3 Å². The highest BCUT2D eigenvalue weighted by Crippen LogP contribution is 2.18. The first-order chi connectivity index (χ1) is 7.68. The van der Waals surface area contributed by atoms with Crippen LogP contribution < -0.4 is 10.4 Å². The molecule has 1 aliphatic rings. The van der Waals surface area contributed by atoms with E-state index in [4.69, 9.17) is 4.74 Å². The predicted molar refractivity (Wildman–Crippen MR) is 53.1 cm³/mol. The first-order valence-electron chi connectivity index (χ1n) is 4.62. The van der Waals surface area contributed by atoms with Gasteiger partial charge in [0.15, 0.2) is 6.61 Å². The second-order valence-electron chi connectivity index (χ2n) is 3.19. The van der Waals surface area contributed by atoms with Crippen molar-refractivity contribution in [3.05, 3.63) is 41.8 Å². The van der Waals surface area contributed by atoms with Crippen LogP contribution in [0.5, 0.6) is 0 Å². The molecular weight excluding hydrogens is 210 g/mol. The van der Waals surface area contributed by atoms with Gasteiger partial charge in [0.1, 0.15) is 5.57 Å². The van der Waals surface area contributed by atoms with Gasteiger partial charge in [0.05, 0.1) is 5.97 Å². The van der Waals surface area contributed by atoms with E-state index in [1.807, 2.05) is 6.07 Å². The van der Waals surface area contributed by atoms with Crippen LogP contribution in [0, 0.1) is 0 Å². The van der Waals surface area contributed by atoms with Crippen molar-refractivity contribution in [1.82, 2.24) is 0 Å². The first kappa shape index (κ1) is 10.2. The number of anilines is 1. The molecule has 82 valence electrons. The maximum Gasteiger partial charge on any atom is 0.207 e. The van der Waals surface area contributed by atoms with Crippen LogP contribution in [0.15, 0.2) is 41.8 Å². The highest BCUT2D eigenvalue weighted by atomic mass is 16.5. The summed E-state index contributed by atoms with van der Waals surface area (Å²) in [6, 6.07) is 8.83. The number of hydrogen-bond acceptors (Lipinski definition) is 5. The number of carbonyl (C=O) groups excluding carboxylic acids is 2. The van der Waals surface area contributed by atoms with E-state index in [1.165, 1.54) is 0 Å². The number of para-hydroxylation sites is 1. The number of hydrogen-bond donors (Lipinski definition) is 1. The molecular formula is C11H8NO4-. The average molecular weight is 218 g/mol. The molecule has 0 saturated carbocycles. The van der Waals surface area contributed by atoms with Crippen molar-refractivity contribution in [3.63, 3.8) is 0 Å². The van der Waals surface area contributed by atoms with Gasteiger partial charge in [-0.15, -0.1) is 0 Å². The lowest BCUT2D eigenvalue weighted by molar-refractivity contribution is -0.298. The van der Waals surface area contributed by atoms with Crippen molar-refractivity contribution < 1.29 is 19.4 Å². The zero-order valence-electron chi connectivity index (χ0n) is 8.23. The van der Waals surface area contributed by atoms with Gasteiger partial charge in [-0.05, 0) is 12.1 Å². The Balaban J connectivity index is 2.27. The number of ether oxygens (including phenoxy) is 1. The summed E-state index contributed by atoms with van der Waals surface area (Å²) in [4.78, 5) is 21.9. The van der Waals surface area contributed by atoms with Gasteiger partial charge in [-0.3, -0.25) is 4.79 Å². The smallest absolute Gasteiger partial charge is 0.207 e. The monoisotopic (exact) mass is 218 g/mol. The van der Waals surface area contributed by atoms with Crippen LogP contribution in [0.3, 0.4) is 0 Å². The number of ketones is 1. The molecule has 1 heterocycles. The molecule has 1 aromatic rings. The zero-order valence-corrected chi connectivity index (χ0v) is 8.23. The predicted octanol–water partition coefficient (Wildman–Crippen LogP) is -0.341. The lowest BCUT2D eigenvalue weighted by Gasteiger charge is -2.08. The molecule has 16 heavy (non-hydrogen) atoms. The molecule has 0 fully saturated rings. The fourth-order valence-corrected chi connectivity index (χ4v) is 1.37. The molecule has 0 saturated heterocycles. The van der Waals surface area contributed by atoms with E-state index < -0.39 is 17.3 Å². The van der Waals surface area contributed by atoms with Gasteiger partial charge in [-0.2, -0.15) is 0 Å². The van der Waals surface area contributed by atoms with Crippen molar-refractivity contribution >= 4 is 17.4 Å². The van der Waals surface area contributed by atoms with Gasteiger partial charge < -0.3 is 20.0 Å². The van der Waals surface area contributed by atoms with E-state index in [0.717, 1.165) is 0 Å². The van der Waals surface area contributed by atoms with Crippen molar-refractivity contribution in [1.29, 1.82) is 0 Å². The molecule has 0 bridgehead atoms. The van der Waals surface area contributed by atoms with Crippen molar-refractivity contribution in [2.45, 2.75) is 0 Å². The highest BCUT2D eigenvalue weighted by molar-refractivity contribution is 6.18. The molecule has 0 amide bonds. The van der Waals surface area contributed by atoms with E-state index in [2.05, 4.69) is 5.32 Å². The third kappa shape index (κ3) is 1.88. The number of nitrogens with one attached hydrogen (secondary N) is 1. The van der Waals surface area contributed by atoms with Crippen LogP contribution in [-0.2, 0) is 14.3 Å². The Hall–Kier alpha value is -2.30. The van der Waals surface area contributed by atoms with Crippen LogP contribution in [0.25, 0.3) is 0 Å². The number of rotatable bonds is 3. The summed E-state index contributed by atoms with van der Waals surface area (Å²) in [5.41, 5.74) is 0.204. The number of carbonyl (C=O) groups is 2. The molecule has 1 aromatic carbocycles. The van der Waals surface area contributed by atoms with Gasteiger partial charge in [-0.1, -0.05) is 18.2 Å². The number of carboxylic acids is 1. The Morgan fingerprint density at radius 1 is 1.31 bits per heavy atom. The van der Waals surface area contributed by atoms with Gasteiger partial charge in [0.2, 0.25) is 11.7 Å². The summed E-state index contributed by atoms with van der Waals surface area (Å²) in [7, 11) is 0. The van der Waals surface area contributed by atoms with Gasteiger partial charge in [0.25, 0.3) is 0 Å². The van der Waals surface area contributed by atoms with Gasteiger partial charge >= 0.3 is 0 Å². The second kappa shape index (κ2) is 4.06. The Bertz CT molecular complexity index is 464. The zero-order chi connectivity index (χ0) is 11.5. The standard InChI is InChI=1S/C11H9NO4/c13-8-6-16-10(9(8)11(14)15)12-7-4-2-1-3-5-7/h1-5,12H,6H2,(H,14,15)/p-1. The van der Waals surface area contributed by atoms with Crippen molar-refractivity contribution in [2.24, 2.45) is 0 Å². The molecule has 1 N–H and O–H groups in total. The van der Waals surface area contributed by atoms with Crippen LogP contribution in [0.2, 0.25) is 0 Å².